The second kappa shape index (κ2) is 6.28. The molecule has 0 spiro atoms. The van der Waals surface area contributed by atoms with Gasteiger partial charge in [0.15, 0.2) is 5.69 Å². The third-order valence-electron chi connectivity index (χ3n) is 3.58. The van der Waals surface area contributed by atoms with Crippen LogP contribution in [-0.2, 0) is 4.74 Å². The molecule has 0 atom stereocenters. The first-order chi connectivity index (χ1) is 11.5. The minimum Gasteiger partial charge on any atom is -0.458 e. The van der Waals surface area contributed by atoms with Crippen molar-refractivity contribution in [2.24, 2.45) is 0 Å². The summed E-state index contributed by atoms with van der Waals surface area (Å²) in [6.45, 7) is 5.47. The molecule has 5 nitrogen and oxygen atoms in total. The minimum atomic E-state index is -0.531. The van der Waals surface area contributed by atoms with Crippen LogP contribution in [0.3, 0.4) is 0 Å². The quantitative estimate of drug-likeness (QED) is 0.691. The van der Waals surface area contributed by atoms with Gasteiger partial charge in [-0.3, -0.25) is 4.79 Å². The van der Waals surface area contributed by atoms with Crippen molar-refractivity contribution >= 4 is 22.8 Å². The zero-order valence-corrected chi connectivity index (χ0v) is 13.8. The molecule has 24 heavy (non-hydrogen) atoms. The van der Waals surface area contributed by atoms with Crippen LogP contribution in [0.4, 0.5) is 0 Å². The lowest BCUT2D eigenvalue weighted by atomic mass is 10.1. The normalized spacial score (nSPS) is 11.0. The van der Waals surface area contributed by atoms with Crippen molar-refractivity contribution in [3.63, 3.8) is 0 Å². The van der Waals surface area contributed by atoms with E-state index in [1.807, 2.05) is 25.1 Å². The lowest BCUT2D eigenvalue weighted by Gasteiger charge is -2.05. The summed E-state index contributed by atoms with van der Waals surface area (Å²) in [5.41, 5.74) is 2.24. The fourth-order valence-electron chi connectivity index (χ4n) is 2.54. The van der Waals surface area contributed by atoms with Gasteiger partial charge < -0.3 is 4.74 Å². The molecule has 0 N–H and O–H groups in total. The number of carbonyl (C=O) groups is 2. The topological polar surface area (TPSA) is 61.2 Å². The maximum atomic E-state index is 12.8. The van der Waals surface area contributed by atoms with E-state index in [-0.39, 0.29) is 17.7 Å². The molecule has 0 aliphatic heterocycles. The molecule has 0 fully saturated rings. The van der Waals surface area contributed by atoms with Crippen molar-refractivity contribution in [1.82, 2.24) is 9.78 Å². The Hall–Kier alpha value is -2.95. The molecule has 0 bridgehead atoms. The van der Waals surface area contributed by atoms with E-state index < -0.39 is 5.97 Å². The van der Waals surface area contributed by atoms with Crippen LogP contribution >= 0.6 is 0 Å². The molecule has 0 aliphatic rings. The van der Waals surface area contributed by atoms with Gasteiger partial charge in [-0.25, -0.2) is 4.79 Å². The van der Waals surface area contributed by atoms with Crippen molar-refractivity contribution < 1.29 is 14.3 Å². The summed E-state index contributed by atoms with van der Waals surface area (Å²) < 4.78 is 6.50. The Morgan fingerprint density at radius 2 is 1.83 bits per heavy atom. The predicted octanol–water partition coefficient (Wildman–Crippen LogP) is 3.60. The lowest BCUT2D eigenvalue weighted by Crippen LogP contribution is -2.16. The van der Waals surface area contributed by atoms with Gasteiger partial charge in [0.25, 0.3) is 5.91 Å². The van der Waals surface area contributed by atoms with Gasteiger partial charge in [0.05, 0.1) is 11.6 Å². The summed E-state index contributed by atoms with van der Waals surface area (Å²) in [4.78, 5) is 25.1. The molecule has 0 saturated heterocycles. The molecule has 0 unspecified atom stereocenters. The Morgan fingerprint density at radius 3 is 2.54 bits per heavy atom. The molecule has 2 aromatic carbocycles. The average Bonchev–Trinajstić information content (AvgIpc) is 2.93. The Morgan fingerprint density at radius 1 is 1.08 bits per heavy atom. The zero-order valence-electron chi connectivity index (χ0n) is 13.8. The third-order valence-corrected chi connectivity index (χ3v) is 3.58. The van der Waals surface area contributed by atoms with Crippen LogP contribution in [0.25, 0.3) is 10.9 Å². The monoisotopic (exact) mass is 322 g/mol. The van der Waals surface area contributed by atoms with Gasteiger partial charge in [-0.2, -0.15) is 9.78 Å². The van der Waals surface area contributed by atoms with Crippen LogP contribution in [0.15, 0.2) is 48.5 Å². The predicted molar refractivity (Wildman–Crippen MR) is 91.2 cm³/mol. The highest BCUT2D eigenvalue weighted by Gasteiger charge is 2.22. The molecule has 3 aromatic rings. The number of ether oxygens (including phenoxy) is 1. The van der Waals surface area contributed by atoms with Crippen molar-refractivity contribution in [3.8, 4) is 0 Å². The summed E-state index contributed by atoms with van der Waals surface area (Å²) >= 11 is 0. The Balaban J connectivity index is 2.12. The first-order valence-electron chi connectivity index (χ1n) is 7.77. The van der Waals surface area contributed by atoms with Crippen molar-refractivity contribution in [1.29, 1.82) is 0 Å². The standard InChI is InChI=1S/C19H18N2O3/c1-12(2)24-19(23)17-15-9-4-5-10-16(15)21(20-17)18(22)14-8-6-7-13(3)11-14/h4-12H,1-3H3. The van der Waals surface area contributed by atoms with E-state index in [1.165, 1.54) is 4.68 Å². The number of para-hydroxylation sites is 1. The highest BCUT2D eigenvalue weighted by atomic mass is 16.5. The molecule has 0 aliphatic carbocycles. The molecule has 122 valence electrons. The van der Waals surface area contributed by atoms with E-state index >= 15 is 0 Å². The highest BCUT2D eigenvalue weighted by molar-refractivity contribution is 6.07. The van der Waals surface area contributed by atoms with Crippen molar-refractivity contribution in [2.45, 2.75) is 26.9 Å². The van der Waals surface area contributed by atoms with Gasteiger partial charge in [-0.05, 0) is 39.0 Å². The Labute approximate surface area is 139 Å². The van der Waals surface area contributed by atoms with Crippen LogP contribution in [0.5, 0.6) is 0 Å². The van der Waals surface area contributed by atoms with Gasteiger partial charge in [0, 0.05) is 10.9 Å². The first-order valence-corrected chi connectivity index (χ1v) is 7.77. The summed E-state index contributed by atoms with van der Waals surface area (Å²) in [7, 11) is 0. The number of aryl methyl sites for hydroxylation is 1. The van der Waals surface area contributed by atoms with Gasteiger partial charge in [0.1, 0.15) is 0 Å². The smallest absolute Gasteiger partial charge is 0.359 e. The van der Waals surface area contributed by atoms with Gasteiger partial charge in [0.2, 0.25) is 0 Å². The van der Waals surface area contributed by atoms with E-state index in [0.29, 0.717) is 16.5 Å². The SMILES string of the molecule is Cc1cccc(C(=O)n2nc(C(=O)OC(C)C)c3ccccc32)c1. The minimum absolute atomic E-state index is 0.153. The third kappa shape index (κ3) is 2.93. The maximum Gasteiger partial charge on any atom is 0.359 e. The second-order valence-corrected chi connectivity index (χ2v) is 5.91. The Bertz CT molecular complexity index is 925. The number of carbonyl (C=O) groups excluding carboxylic acids is 2. The summed E-state index contributed by atoms with van der Waals surface area (Å²) in [5.74, 6) is -0.810. The van der Waals surface area contributed by atoms with E-state index in [2.05, 4.69) is 5.10 Å². The van der Waals surface area contributed by atoms with Crippen molar-refractivity contribution in [2.75, 3.05) is 0 Å². The molecule has 3 rings (SSSR count). The number of hydrogen-bond donors (Lipinski definition) is 0. The van der Waals surface area contributed by atoms with Crippen LogP contribution < -0.4 is 0 Å². The molecule has 1 aromatic heterocycles. The Kier molecular flexibility index (Phi) is 4.16. The molecule has 0 amide bonds. The average molecular weight is 322 g/mol. The van der Waals surface area contributed by atoms with E-state index in [1.54, 1.807) is 44.2 Å². The van der Waals surface area contributed by atoms with Crippen LogP contribution in [-0.4, -0.2) is 27.8 Å². The van der Waals surface area contributed by atoms with Gasteiger partial charge in [-0.15, -0.1) is 0 Å². The maximum absolute atomic E-state index is 12.8. The van der Waals surface area contributed by atoms with E-state index in [4.69, 9.17) is 4.74 Å². The fraction of sp³-hybridized carbons (Fsp3) is 0.211. The number of rotatable bonds is 3. The van der Waals surface area contributed by atoms with E-state index in [0.717, 1.165) is 5.56 Å². The fourth-order valence-corrected chi connectivity index (χ4v) is 2.54. The zero-order chi connectivity index (χ0) is 17.3. The second-order valence-electron chi connectivity index (χ2n) is 5.91. The number of nitrogens with zero attached hydrogens (tertiary/aromatic N) is 2. The van der Waals surface area contributed by atoms with Crippen LogP contribution in [0.2, 0.25) is 0 Å². The summed E-state index contributed by atoms with van der Waals surface area (Å²) in [6, 6.07) is 14.4. The van der Waals surface area contributed by atoms with E-state index in [9.17, 15) is 9.59 Å². The lowest BCUT2D eigenvalue weighted by molar-refractivity contribution is 0.0372. The molecule has 0 saturated carbocycles. The number of esters is 1. The first kappa shape index (κ1) is 15.9. The molecule has 5 heteroatoms. The van der Waals surface area contributed by atoms with Crippen LogP contribution in [0.1, 0.15) is 40.3 Å². The van der Waals surface area contributed by atoms with Gasteiger partial charge in [-0.1, -0.05) is 35.9 Å². The number of aromatic nitrogens is 2. The molecular formula is C19H18N2O3. The number of hydrogen-bond acceptors (Lipinski definition) is 4. The molecule has 0 radical (unpaired) electrons. The summed E-state index contributed by atoms with van der Waals surface area (Å²) in [6.07, 6.45) is -0.256. The highest BCUT2D eigenvalue weighted by Crippen LogP contribution is 2.21. The summed E-state index contributed by atoms with van der Waals surface area (Å²) in [5, 5.41) is 4.84. The largest absolute Gasteiger partial charge is 0.458 e. The number of benzene rings is 2. The molecule has 1 heterocycles. The molecular weight excluding hydrogens is 304 g/mol. The van der Waals surface area contributed by atoms with Gasteiger partial charge >= 0.3 is 5.97 Å². The van der Waals surface area contributed by atoms with Crippen LogP contribution in [0, 0.1) is 6.92 Å². The van der Waals surface area contributed by atoms with Crippen molar-refractivity contribution in [3.05, 3.63) is 65.4 Å². The number of fused-ring (bicyclic) bond motifs is 1.